The van der Waals surface area contributed by atoms with Crippen LogP contribution in [0.1, 0.15) is 34.5 Å². The van der Waals surface area contributed by atoms with Crippen LogP contribution in [0, 0.1) is 6.92 Å². The van der Waals surface area contributed by atoms with Gasteiger partial charge < -0.3 is 5.32 Å². The first-order chi connectivity index (χ1) is 11.4. The average Bonchev–Trinajstić information content (AvgIpc) is 3.03. The molecular formula is C17H18N4O3. The van der Waals surface area contributed by atoms with Crippen LogP contribution in [-0.4, -0.2) is 32.4 Å². The molecule has 1 saturated heterocycles. The van der Waals surface area contributed by atoms with E-state index in [4.69, 9.17) is 0 Å². The van der Waals surface area contributed by atoms with Crippen molar-refractivity contribution in [3.8, 4) is 0 Å². The van der Waals surface area contributed by atoms with Gasteiger partial charge in [-0.05, 0) is 24.6 Å². The number of carbonyl (C=O) groups is 3. The lowest BCUT2D eigenvalue weighted by Crippen LogP contribution is -2.28. The van der Waals surface area contributed by atoms with Crippen LogP contribution in [0.25, 0.3) is 0 Å². The van der Waals surface area contributed by atoms with Crippen LogP contribution < -0.4 is 5.32 Å². The van der Waals surface area contributed by atoms with Crippen molar-refractivity contribution >= 4 is 23.5 Å². The third-order valence-corrected chi connectivity index (χ3v) is 3.96. The lowest BCUT2D eigenvalue weighted by Gasteiger charge is -2.14. The number of imide groups is 1. The van der Waals surface area contributed by atoms with E-state index in [1.807, 2.05) is 6.92 Å². The number of benzene rings is 1. The van der Waals surface area contributed by atoms with Crippen LogP contribution in [0.4, 0.5) is 5.82 Å². The third-order valence-electron chi connectivity index (χ3n) is 3.96. The van der Waals surface area contributed by atoms with Gasteiger partial charge in [-0.1, -0.05) is 12.1 Å². The molecule has 1 aromatic heterocycles. The molecule has 0 aliphatic carbocycles. The van der Waals surface area contributed by atoms with Crippen LogP contribution in [-0.2, 0) is 23.2 Å². The summed E-state index contributed by atoms with van der Waals surface area (Å²) in [5.41, 5.74) is 2.13. The zero-order chi connectivity index (χ0) is 17.3. The first-order valence-electron chi connectivity index (χ1n) is 7.68. The van der Waals surface area contributed by atoms with Gasteiger partial charge in [-0.2, -0.15) is 5.10 Å². The van der Waals surface area contributed by atoms with Crippen molar-refractivity contribution in [3.05, 3.63) is 47.2 Å². The summed E-state index contributed by atoms with van der Waals surface area (Å²) in [5.74, 6) is 0.0921. The molecule has 1 fully saturated rings. The highest BCUT2D eigenvalue weighted by molar-refractivity contribution is 6.04. The monoisotopic (exact) mass is 326 g/mol. The normalized spacial score (nSPS) is 14.3. The summed E-state index contributed by atoms with van der Waals surface area (Å²) in [6.45, 7) is 2.10. The molecule has 1 aliphatic heterocycles. The molecule has 7 nitrogen and oxygen atoms in total. The Balaban J connectivity index is 1.67. The van der Waals surface area contributed by atoms with Gasteiger partial charge in [-0.25, -0.2) is 0 Å². The fourth-order valence-corrected chi connectivity index (χ4v) is 2.66. The summed E-state index contributed by atoms with van der Waals surface area (Å²) in [4.78, 5) is 36.8. The Kier molecular flexibility index (Phi) is 4.16. The number of rotatable bonds is 4. The summed E-state index contributed by atoms with van der Waals surface area (Å²) in [7, 11) is 1.76. The molecule has 1 aliphatic rings. The average molecular weight is 326 g/mol. The summed E-state index contributed by atoms with van der Waals surface area (Å²) in [6.07, 6.45) is 0.562. The maximum atomic E-state index is 12.3. The van der Waals surface area contributed by atoms with E-state index in [0.29, 0.717) is 11.4 Å². The highest BCUT2D eigenvalue weighted by Gasteiger charge is 2.28. The van der Waals surface area contributed by atoms with Gasteiger partial charge in [0.15, 0.2) is 0 Å². The smallest absolute Gasteiger partial charge is 0.256 e. The number of likely N-dealkylation sites (tertiary alicyclic amines) is 1. The van der Waals surface area contributed by atoms with Gasteiger partial charge in [0.1, 0.15) is 5.82 Å². The summed E-state index contributed by atoms with van der Waals surface area (Å²) >= 11 is 0. The zero-order valence-electron chi connectivity index (χ0n) is 13.6. The van der Waals surface area contributed by atoms with Crippen molar-refractivity contribution in [2.24, 2.45) is 7.05 Å². The molecule has 0 spiro atoms. The minimum Gasteiger partial charge on any atom is -0.307 e. The molecule has 124 valence electrons. The highest BCUT2D eigenvalue weighted by Crippen LogP contribution is 2.17. The minimum absolute atomic E-state index is 0.145. The van der Waals surface area contributed by atoms with Crippen molar-refractivity contribution in [1.82, 2.24) is 14.7 Å². The molecule has 3 amide bonds. The lowest BCUT2D eigenvalue weighted by atomic mass is 10.1. The van der Waals surface area contributed by atoms with Crippen molar-refractivity contribution in [3.63, 3.8) is 0 Å². The molecule has 24 heavy (non-hydrogen) atoms. The molecule has 0 atom stereocenters. The Bertz CT molecular complexity index is 792. The molecule has 7 heteroatoms. The number of aromatic nitrogens is 2. The lowest BCUT2D eigenvalue weighted by molar-refractivity contribution is -0.139. The van der Waals surface area contributed by atoms with Crippen molar-refractivity contribution < 1.29 is 14.4 Å². The van der Waals surface area contributed by atoms with Gasteiger partial charge in [0.2, 0.25) is 11.8 Å². The second-order valence-electron chi connectivity index (χ2n) is 5.82. The number of aryl methyl sites for hydroxylation is 2. The molecular weight excluding hydrogens is 308 g/mol. The molecule has 1 N–H and O–H groups in total. The van der Waals surface area contributed by atoms with E-state index in [1.165, 1.54) is 4.90 Å². The molecule has 0 radical (unpaired) electrons. The van der Waals surface area contributed by atoms with Gasteiger partial charge in [-0.3, -0.25) is 24.0 Å². The molecule has 0 saturated carbocycles. The van der Waals surface area contributed by atoms with E-state index < -0.39 is 0 Å². The third kappa shape index (κ3) is 3.19. The Morgan fingerprint density at radius 2 is 1.79 bits per heavy atom. The first kappa shape index (κ1) is 15.9. The number of nitrogens with zero attached hydrogens (tertiary/aromatic N) is 3. The van der Waals surface area contributed by atoms with E-state index in [2.05, 4.69) is 10.4 Å². The van der Waals surface area contributed by atoms with E-state index >= 15 is 0 Å². The molecule has 1 aromatic carbocycles. The molecule has 3 rings (SSSR count). The van der Waals surface area contributed by atoms with Crippen molar-refractivity contribution in [1.29, 1.82) is 0 Å². The van der Waals surface area contributed by atoms with Crippen LogP contribution in [0.3, 0.4) is 0 Å². The quantitative estimate of drug-likeness (QED) is 0.866. The number of hydrogen-bond donors (Lipinski definition) is 1. The molecule has 2 heterocycles. The van der Waals surface area contributed by atoms with Gasteiger partial charge in [0.05, 0.1) is 12.2 Å². The van der Waals surface area contributed by atoms with Crippen LogP contribution in [0.15, 0.2) is 30.3 Å². The number of amides is 3. The van der Waals surface area contributed by atoms with E-state index in [0.717, 1.165) is 11.3 Å². The van der Waals surface area contributed by atoms with Crippen molar-refractivity contribution in [2.45, 2.75) is 26.3 Å². The van der Waals surface area contributed by atoms with Gasteiger partial charge in [0, 0.05) is 31.5 Å². The zero-order valence-corrected chi connectivity index (χ0v) is 13.6. The second kappa shape index (κ2) is 6.27. The number of nitrogens with one attached hydrogen (secondary N) is 1. The number of carbonyl (C=O) groups excluding carboxylic acids is 3. The summed E-state index contributed by atoms with van der Waals surface area (Å²) in [6, 6.07) is 8.65. The van der Waals surface area contributed by atoms with Gasteiger partial charge in [0.25, 0.3) is 5.91 Å². The Labute approximate surface area is 139 Å². The Hall–Kier alpha value is -2.96. The molecule has 0 unspecified atom stereocenters. The Morgan fingerprint density at radius 1 is 1.17 bits per heavy atom. The van der Waals surface area contributed by atoms with Crippen molar-refractivity contribution in [2.75, 3.05) is 5.32 Å². The maximum absolute atomic E-state index is 12.3. The Morgan fingerprint density at radius 3 is 2.33 bits per heavy atom. The standard InChI is InChI=1S/C17H18N4O3/c1-11-9-14(20(2)19-11)18-17(24)13-5-3-12(4-6-13)10-21-15(22)7-8-16(21)23/h3-6,9H,7-8,10H2,1-2H3,(H,18,24). The van der Waals surface area contributed by atoms with Gasteiger partial charge >= 0.3 is 0 Å². The molecule has 2 aromatic rings. The maximum Gasteiger partial charge on any atom is 0.256 e. The van der Waals surface area contributed by atoms with E-state index in [1.54, 1.807) is 42.1 Å². The predicted octanol–water partition coefficient (Wildman–Crippen LogP) is 1.63. The molecule has 0 bridgehead atoms. The summed E-state index contributed by atoms with van der Waals surface area (Å²) < 4.78 is 1.60. The fraction of sp³-hybridized carbons (Fsp3) is 0.294. The van der Waals surface area contributed by atoms with E-state index in [9.17, 15) is 14.4 Å². The first-order valence-corrected chi connectivity index (χ1v) is 7.68. The number of hydrogen-bond acceptors (Lipinski definition) is 4. The predicted molar refractivity (Wildman–Crippen MR) is 87.1 cm³/mol. The summed E-state index contributed by atoms with van der Waals surface area (Å²) in [5, 5.41) is 6.97. The SMILES string of the molecule is Cc1cc(NC(=O)c2ccc(CN3C(=O)CCC3=O)cc2)n(C)n1. The van der Waals surface area contributed by atoms with Gasteiger partial charge in [-0.15, -0.1) is 0 Å². The number of anilines is 1. The van der Waals surface area contributed by atoms with Crippen LogP contribution in [0.2, 0.25) is 0 Å². The highest BCUT2D eigenvalue weighted by atomic mass is 16.2. The van der Waals surface area contributed by atoms with Crippen LogP contribution >= 0.6 is 0 Å². The second-order valence-corrected chi connectivity index (χ2v) is 5.82. The topological polar surface area (TPSA) is 84.3 Å². The van der Waals surface area contributed by atoms with Crippen LogP contribution in [0.5, 0.6) is 0 Å². The largest absolute Gasteiger partial charge is 0.307 e. The minimum atomic E-state index is -0.238. The fourth-order valence-electron chi connectivity index (χ4n) is 2.66. The van der Waals surface area contributed by atoms with E-state index in [-0.39, 0.29) is 37.1 Å².